The molecule has 0 radical (unpaired) electrons. The van der Waals surface area contributed by atoms with E-state index in [1.165, 1.54) is 11.1 Å². The van der Waals surface area contributed by atoms with Crippen LogP contribution in [-0.4, -0.2) is 9.97 Å². The molecule has 0 amide bonds. The van der Waals surface area contributed by atoms with Crippen molar-refractivity contribution in [2.75, 3.05) is 5.73 Å². The average molecular weight is 259 g/mol. The van der Waals surface area contributed by atoms with Crippen LogP contribution in [0.5, 0.6) is 0 Å². The second-order valence-corrected chi connectivity index (χ2v) is 5.26. The van der Waals surface area contributed by atoms with E-state index in [1.807, 2.05) is 18.7 Å². The number of rotatable bonds is 4. The zero-order valence-corrected chi connectivity index (χ0v) is 11.5. The van der Waals surface area contributed by atoms with Crippen LogP contribution >= 0.6 is 11.8 Å². The number of aromatic nitrogens is 2. The number of hydrogen-bond acceptors (Lipinski definition) is 4. The number of hydrogen-bond donors (Lipinski definition) is 1. The smallest absolute Gasteiger partial charge is 0.140 e. The van der Waals surface area contributed by atoms with Gasteiger partial charge < -0.3 is 5.73 Å². The Bertz CT molecular complexity index is 520. The molecule has 0 aliphatic rings. The molecule has 18 heavy (non-hydrogen) atoms. The largest absolute Gasteiger partial charge is 0.384 e. The Morgan fingerprint density at radius 2 is 1.89 bits per heavy atom. The van der Waals surface area contributed by atoms with Crippen molar-refractivity contribution in [2.24, 2.45) is 0 Å². The molecule has 2 aromatic rings. The second kappa shape index (κ2) is 5.87. The first-order valence-corrected chi connectivity index (χ1v) is 7.03. The molecule has 2 N–H and O–H groups in total. The summed E-state index contributed by atoms with van der Waals surface area (Å²) in [5.74, 6) is 3.13. The summed E-state index contributed by atoms with van der Waals surface area (Å²) in [6, 6.07) is 10.2. The van der Waals surface area contributed by atoms with Gasteiger partial charge in [-0.15, -0.1) is 11.8 Å². The van der Waals surface area contributed by atoms with E-state index < -0.39 is 0 Å². The molecule has 0 saturated carbocycles. The quantitative estimate of drug-likeness (QED) is 0.916. The van der Waals surface area contributed by atoms with Crippen molar-refractivity contribution >= 4 is 17.6 Å². The van der Waals surface area contributed by atoms with Crippen molar-refractivity contribution in [1.82, 2.24) is 9.97 Å². The Labute approximate surface area is 112 Å². The standard InChI is InChI=1S/C14H17N3S/c1-10-5-3-4-6-12(10)8-18-9-14-16-11(2)7-13(15)17-14/h3-7H,8-9H2,1-2H3,(H2,15,16,17). The van der Waals surface area contributed by atoms with Gasteiger partial charge in [0.2, 0.25) is 0 Å². The lowest BCUT2D eigenvalue weighted by Crippen LogP contribution is -2.00. The van der Waals surface area contributed by atoms with Crippen molar-refractivity contribution < 1.29 is 0 Å². The fraction of sp³-hybridized carbons (Fsp3) is 0.286. The van der Waals surface area contributed by atoms with Crippen molar-refractivity contribution in [2.45, 2.75) is 25.4 Å². The molecule has 94 valence electrons. The number of thioether (sulfide) groups is 1. The first-order chi connectivity index (χ1) is 8.65. The first kappa shape index (κ1) is 12.9. The Morgan fingerprint density at radius 3 is 2.61 bits per heavy atom. The van der Waals surface area contributed by atoms with Crippen LogP contribution < -0.4 is 5.73 Å². The van der Waals surface area contributed by atoms with Crippen molar-refractivity contribution in [3.63, 3.8) is 0 Å². The maximum absolute atomic E-state index is 5.71. The van der Waals surface area contributed by atoms with Gasteiger partial charge in [-0.2, -0.15) is 0 Å². The minimum atomic E-state index is 0.550. The van der Waals surface area contributed by atoms with E-state index >= 15 is 0 Å². The summed E-state index contributed by atoms with van der Waals surface area (Å²) in [4.78, 5) is 8.61. The molecule has 1 heterocycles. The SMILES string of the molecule is Cc1cc(N)nc(CSCc2ccccc2C)n1. The third kappa shape index (κ3) is 3.47. The van der Waals surface area contributed by atoms with Crippen LogP contribution in [0.4, 0.5) is 5.82 Å². The third-order valence-corrected chi connectivity index (χ3v) is 3.65. The summed E-state index contributed by atoms with van der Waals surface area (Å²) in [6.45, 7) is 4.07. The molecule has 0 spiro atoms. The van der Waals surface area contributed by atoms with Gasteiger partial charge in [-0.25, -0.2) is 9.97 Å². The van der Waals surface area contributed by atoms with Crippen LogP contribution in [-0.2, 0) is 11.5 Å². The van der Waals surface area contributed by atoms with E-state index in [4.69, 9.17) is 5.73 Å². The monoisotopic (exact) mass is 259 g/mol. The van der Waals surface area contributed by atoms with E-state index in [0.29, 0.717) is 5.82 Å². The van der Waals surface area contributed by atoms with Crippen LogP contribution in [0.25, 0.3) is 0 Å². The lowest BCUT2D eigenvalue weighted by molar-refractivity contribution is 1.00. The molecule has 0 aliphatic carbocycles. The van der Waals surface area contributed by atoms with Gasteiger partial charge in [0.1, 0.15) is 11.6 Å². The maximum atomic E-state index is 5.71. The maximum Gasteiger partial charge on any atom is 0.140 e. The first-order valence-electron chi connectivity index (χ1n) is 5.87. The van der Waals surface area contributed by atoms with Crippen LogP contribution in [0, 0.1) is 13.8 Å². The summed E-state index contributed by atoms with van der Waals surface area (Å²) in [5, 5.41) is 0. The Morgan fingerprint density at radius 1 is 1.11 bits per heavy atom. The van der Waals surface area contributed by atoms with E-state index in [0.717, 1.165) is 23.0 Å². The van der Waals surface area contributed by atoms with Crippen LogP contribution in [0.15, 0.2) is 30.3 Å². The van der Waals surface area contributed by atoms with Gasteiger partial charge in [0, 0.05) is 17.5 Å². The van der Waals surface area contributed by atoms with Crippen LogP contribution in [0.1, 0.15) is 22.6 Å². The van der Waals surface area contributed by atoms with E-state index in [2.05, 4.69) is 41.2 Å². The predicted molar refractivity (Wildman–Crippen MR) is 77.4 cm³/mol. The zero-order valence-electron chi connectivity index (χ0n) is 10.7. The highest BCUT2D eigenvalue weighted by atomic mass is 32.2. The highest BCUT2D eigenvalue weighted by molar-refractivity contribution is 7.97. The summed E-state index contributed by atoms with van der Waals surface area (Å²) in [5.41, 5.74) is 9.32. The van der Waals surface area contributed by atoms with Crippen LogP contribution in [0.2, 0.25) is 0 Å². The lowest BCUT2D eigenvalue weighted by atomic mass is 10.1. The molecule has 0 aliphatic heterocycles. The number of aryl methyl sites for hydroxylation is 2. The van der Waals surface area contributed by atoms with Gasteiger partial charge >= 0.3 is 0 Å². The van der Waals surface area contributed by atoms with Crippen molar-refractivity contribution in [3.05, 3.63) is 53.0 Å². The summed E-state index contributed by atoms with van der Waals surface area (Å²) < 4.78 is 0. The van der Waals surface area contributed by atoms with Crippen molar-refractivity contribution in [3.8, 4) is 0 Å². The molecule has 0 saturated heterocycles. The van der Waals surface area contributed by atoms with Gasteiger partial charge in [0.05, 0.1) is 5.75 Å². The molecule has 0 atom stereocenters. The summed E-state index contributed by atoms with van der Waals surface area (Å²) >= 11 is 1.81. The van der Waals surface area contributed by atoms with Crippen molar-refractivity contribution in [1.29, 1.82) is 0 Å². The fourth-order valence-electron chi connectivity index (χ4n) is 1.75. The summed E-state index contributed by atoms with van der Waals surface area (Å²) in [6.07, 6.45) is 0. The number of anilines is 1. The highest BCUT2D eigenvalue weighted by Gasteiger charge is 2.02. The topological polar surface area (TPSA) is 51.8 Å². The number of nitrogen functional groups attached to an aromatic ring is 1. The summed E-state index contributed by atoms with van der Waals surface area (Å²) in [7, 11) is 0. The molecule has 0 unspecified atom stereocenters. The van der Waals surface area contributed by atoms with E-state index in [-0.39, 0.29) is 0 Å². The molecule has 1 aromatic carbocycles. The van der Waals surface area contributed by atoms with Gasteiger partial charge in [0.25, 0.3) is 0 Å². The lowest BCUT2D eigenvalue weighted by Gasteiger charge is -2.05. The molecule has 3 nitrogen and oxygen atoms in total. The third-order valence-electron chi connectivity index (χ3n) is 2.67. The minimum absolute atomic E-state index is 0.550. The molecule has 0 fully saturated rings. The number of nitrogens with two attached hydrogens (primary N) is 1. The van der Waals surface area contributed by atoms with Gasteiger partial charge in [-0.05, 0) is 25.0 Å². The molecule has 0 bridgehead atoms. The molecular formula is C14H17N3S. The molecule has 1 aromatic heterocycles. The van der Waals surface area contributed by atoms with Gasteiger partial charge in [-0.3, -0.25) is 0 Å². The average Bonchev–Trinajstić information content (AvgIpc) is 2.30. The normalized spacial score (nSPS) is 10.6. The number of benzene rings is 1. The zero-order chi connectivity index (χ0) is 13.0. The van der Waals surface area contributed by atoms with E-state index in [9.17, 15) is 0 Å². The fourth-order valence-corrected chi connectivity index (χ4v) is 2.70. The molecule has 4 heteroatoms. The predicted octanol–water partition coefficient (Wildman–Crippen LogP) is 3.11. The second-order valence-electron chi connectivity index (χ2n) is 4.27. The highest BCUT2D eigenvalue weighted by Crippen LogP contribution is 2.19. The Hall–Kier alpha value is -1.55. The molecule has 2 rings (SSSR count). The Kier molecular flexibility index (Phi) is 4.20. The minimum Gasteiger partial charge on any atom is -0.384 e. The van der Waals surface area contributed by atoms with E-state index in [1.54, 1.807) is 6.07 Å². The van der Waals surface area contributed by atoms with Gasteiger partial charge in [-0.1, -0.05) is 24.3 Å². The van der Waals surface area contributed by atoms with Gasteiger partial charge in [0.15, 0.2) is 0 Å². The molecular weight excluding hydrogens is 242 g/mol. The van der Waals surface area contributed by atoms with Crippen LogP contribution in [0.3, 0.4) is 0 Å². The number of nitrogens with zero attached hydrogens (tertiary/aromatic N) is 2. The Balaban J connectivity index is 1.94.